The summed E-state index contributed by atoms with van der Waals surface area (Å²) in [4.78, 5) is 0. The lowest BCUT2D eigenvalue weighted by atomic mass is 10.0. The minimum Gasteiger partial charge on any atom is -0.310 e. The van der Waals surface area contributed by atoms with Gasteiger partial charge in [0.25, 0.3) is 0 Å². The number of nitrogens with one attached hydrogen (secondary N) is 1. The SMILES string of the molecule is CCNC(Cc1ccc(I)cc1)c1csc(I)c1. The van der Waals surface area contributed by atoms with Gasteiger partial charge in [0.05, 0.1) is 2.88 Å². The van der Waals surface area contributed by atoms with E-state index in [0.29, 0.717) is 6.04 Å². The molecule has 0 aliphatic carbocycles. The minimum absolute atomic E-state index is 0.426. The van der Waals surface area contributed by atoms with Crippen molar-refractivity contribution < 1.29 is 0 Å². The average Bonchev–Trinajstić information content (AvgIpc) is 2.78. The molecule has 0 saturated heterocycles. The molecule has 1 aromatic carbocycles. The van der Waals surface area contributed by atoms with E-state index in [0.717, 1.165) is 13.0 Å². The molecule has 0 fully saturated rings. The van der Waals surface area contributed by atoms with Gasteiger partial charge in [0.2, 0.25) is 0 Å². The number of hydrogen-bond acceptors (Lipinski definition) is 2. The van der Waals surface area contributed by atoms with Gasteiger partial charge in [-0.05, 0) is 92.9 Å². The molecule has 2 rings (SSSR count). The van der Waals surface area contributed by atoms with Crippen LogP contribution in [0.3, 0.4) is 0 Å². The van der Waals surface area contributed by atoms with Crippen LogP contribution >= 0.6 is 56.5 Å². The fraction of sp³-hybridized carbons (Fsp3) is 0.286. The standard InChI is InChI=1S/C14H15I2NS/c1-2-17-13(11-8-14(16)18-9-11)7-10-3-5-12(15)6-4-10/h3-6,8-9,13,17H,2,7H2,1H3. The highest BCUT2D eigenvalue weighted by Gasteiger charge is 2.12. The van der Waals surface area contributed by atoms with Crippen LogP contribution in [0.25, 0.3) is 0 Å². The Hall–Kier alpha value is 0.340. The first-order valence-electron chi connectivity index (χ1n) is 5.90. The van der Waals surface area contributed by atoms with E-state index >= 15 is 0 Å². The van der Waals surface area contributed by atoms with Crippen molar-refractivity contribution in [1.29, 1.82) is 0 Å². The molecular formula is C14H15I2NS. The molecule has 0 bridgehead atoms. The molecule has 1 unspecified atom stereocenters. The van der Waals surface area contributed by atoms with Gasteiger partial charge in [0.1, 0.15) is 0 Å². The summed E-state index contributed by atoms with van der Waals surface area (Å²) in [6.07, 6.45) is 1.05. The van der Waals surface area contributed by atoms with Crippen molar-refractivity contribution in [3.05, 3.63) is 53.3 Å². The quantitative estimate of drug-likeness (QED) is 0.600. The van der Waals surface area contributed by atoms with Crippen LogP contribution in [-0.2, 0) is 6.42 Å². The van der Waals surface area contributed by atoms with Gasteiger partial charge >= 0.3 is 0 Å². The van der Waals surface area contributed by atoms with Crippen LogP contribution in [0.5, 0.6) is 0 Å². The summed E-state index contributed by atoms with van der Waals surface area (Å²) >= 11 is 6.55. The Morgan fingerprint density at radius 3 is 2.50 bits per heavy atom. The predicted octanol–water partition coefficient (Wildman–Crippen LogP) is 4.85. The molecule has 1 N–H and O–H groups in total. The van der Waals surface area contributed by atoms with Crippen LogP contribution in [0.1, 0.15) is 24.1 Å². The molecule has 0 spiro atoms. The summed E-state index contributed by atoms with van der Waals surface area (Å²) in [5.41, 5.74) is 2.80. The van der Waals surface area contributed by atoms with Crippen molar-refractivity contribution >= 4 is 56.5 Å². The largest absolute Gasteiger partial charge is 0.310 e. The van der Waals surface area contributed by atoms with Gasteiger partial charge in [0, 0.05) is 9.61 Å². The van der Waals surface area contributed by atoms with Crippen molar-refractivity contribution in [1.82, 2.24) is 5.32 Å². The summed E-state index contributed by atoms with van der Waals surface area (Å²) in [5, 5.41) is 5.84. The Kier molecular flexibility index (Phi) is 5.91. The molecule has 1 aromatic heterocycles. The summed E-state index contributed by atoms with van der Waals surface area (Å²) in [7, 11) is 0. The van der Waals surface area contributed by atoms with E-state index in [4.69, 9.17) is 0 Å². The van der Waals surface area contributed by atoms with Crippen molar-refractivity contribution in [2.75, 3.05) is 6.54 Å². The average molecular weight is 483 g/mol. The lowest BCUT2D eigenvalue weighted by Gasteiger charge is -2.17. The molecule has 0 radical (unpaired) electrons. The number of rotatable bonds is 5. The van der Waals surface area contributed by atoms with E-state index < -0.39 is 0 Å². The number of halogens is 2. The maximum atomic E-state index is 3.58. The first-order valence-corrected chi connectivity index (χ1v) is 8.94. The molecule has 1 heterocycles. The second kappa shape index (κ2) is 7.21. The van der Waals surface area contributed by atoms with Crippen LogP contribution in [0, 0.1) is 6.45 Å². The van der Waals surface area contributed by atoms with E-state index in [2.05, 4.69) is 93.1 Å². The normalized spacial score (nSPS) is 12.6. The van der Waals surface area contributed by atoms with Gasteiger partial charge in [-0.1, -0.05) is 19.1 Å². The van der Waals surface area contributed by atoms with Gasteiger partial charge in [-0.2, -0.15) is 0 Å². The molecule has 2 aromatic rings. The summed E-state index contributed by atoms with van der Waals surface area (Å²) in [6, 6.07) is 11.5. The third-order valence-corrected chi connectivity index (χ3v) is 5.32. The molecule has 0 aliphatic rings. The number of benzene rings is 1. The van der Waals surface area contributed by atoms with Crippen LogP contribution in [-0.4, -0.2) is 6.54 Å². The van der Waals surface area contributed by atoms with Gasteiger partial charge in [-0.3, -0.25) is 0 Å². The molecule has 4 heteroatoms. The maximum absolute atomic E-state index is 3.58. The third kappa shape index (κ3) is 4.18. The zero-order chi connectivity index (χ0) is 13.0. The van der Waals surface area contributed by atoms with E-state index in [-0.39, 0.29) is 0 Å². The van der Waals surface area contributed by atoms with E-state index in [1.807, 2.05) is 11.3 Å². The van der Waals surface area contributed by atoms with E-state index in [1.165, 1.54) is 17.6 Å². The second-order valence-corrected chi connectivity index (χ2v) is 8.18. The Morgan fingerprint density at radius 2 is 1.94 bits per heavy atom. The third-order valence-electron chi connectivity index (χ3n) is 2.79. The lowest BCUT2D eigenvalue weighted by molar-refractivity contribution is 0.551. The smallest absolute Gasteiger partial charge is 0.0656 e. The van der Waals surface area contributed by atoms with Crippen LogP contribution in [0.15, 0.2) is 35.7 Å². The zero-order valence-corrected chi connectivity index (χ0v) is 15.3. The topological polar surface area (TPSA) is 12.0 Å². The second-order valence-electron chi connectivity index (χ2n) is 4.13. The summed E-state index contributed by atoms with van der Waals surface area (Å²) < 4.78 is 2.65. The Morgan fingerprint density at radius 1 is 1.22 bits per heavy atom. The van der Waals surface area contributed by atoms with E-state index in [1.54, 1.807) is 0 Å². The molecule has 96 valence electrons. The van der Waals surface area contributed by atoms with Crippen molar-refractivity contribution in [2.45, 2.75) is 19.4 Å². The van der Waals surface area contributed by atoms with Crippen LogP contribution in [0.2, 0.25) is 0 Å². The number of thiophene rings is 1. The molecule has 1 atom stereocenters. The molecule has 0 aliphatic heterocycles. The minimum atomic E-state index is 0.426. The van der Waals surface area contributed by atoms with E-state index in [9.17, 15) is 0 Å². The van der Waals surface area contributed by atoms with Gasteiger partial charge in [-0.15, -0.1) is 11.3 Å². The highest BCUT2D eigenvalue weighted by atomic mass is 127. The zero-order valence-electron chi connectivity index (χ0n) is 10.1. The monoisotopic (exact) mass is 483 g/mol. The maximum Gasteiger partial charge on any atom is 0.0656 e. The molecule has 18 heavy (non-hydrogen) atoms. The fourth-order valence-electron chi connectivity index (χ4n) is 1.92. The summed E-state index contributed by atoms with van der Waals surface area (Å²) in [6.45, 7) is 3.17. The predicted molar refractivity (Wildman–Crippen MR) is 96.3 cm³/mol. The number of hydrogen-bond donors (Lipinski definition) is 1. The van der Waals surface area contributed by atoms with Crippen molar-refractivity contribution in [2.24, 2.45) is 0 Å². The van der Waals surface area contributed by atoms with Crippen LogP contribution in [0.4, 0.5) is 0 Å². The molecule has 0 amide bonds. The lowest BCUT2D eigenvalue weighted by Crippen LogP contribution is -2.22. The highest BCUT2D eigenvalue weighted by molar-refractivity contribution is 14.1. The Labute approximate surface area is 140 Å². The molecule has 1 nitrogen and oxygen atoms in total. The van der Waals surface area contributed by atoms with Gasteiger partial charge in [0.15, 0.2) is 0 Å². The highest BCUT2D eigenvalue weighted by Crippen LogP contribution is 2.25. The first-order chi connectivity index (χ1) is 8.69. The Balaban J connectivity index is 2.13. The van der Waals surface area contributed by atoms with Gasteiger partial charge < -0.3 is 5.32 Å². The number of likely N-dealkylation sites (N-methyl/N-ethyl adjacent to an activating group) is 1. The Bertz CT molecular complexity index is 493. The first kappa shape index (κ1) is 14.7. The van der Waals surface area contributed by atoms with Gasteiger partial charge in [-0.25, -0.2) is 0 Å². The molecular weight excluding hydrogens is 468 g/mol. The van der Waals surface area contributed by atoms with Crippen molar-refractivity contribution in [3.63, 3.8) is 0 Å². The van der Waals surface area contributed by atoms with Crippen molar-refractivity contribution in [3.8, 4) is 0 Å². The summed E-state index contributed by atoms with van der Waals surface area (Å²) in [5.74, 6) is 0. The molecule has 0 saturated carbocycles. The van der Waals surface area contributed by atoms with Crippen LogP contribution < -0.4 is 5.32 Å². The fourth-order valence-corrected chi connectivity index (χ4v) is 3.70.